The number of anilines is 1. The van der Waals surface area contributed by atoms with E-state index in [9.17, 15) is 14.8 Å². The molecule has 126 valence electrons. The summed E-state index contributed by atoms with van der Waals surface area (Å²) < 4.78 is 0.517. The Balaban J connectivity index is 1.96. The Morgan fingerprint density at radius 2 is 1.58 bits per heavy atom. The minimum Gasteiger partial charge on any atom is -0.619 e. The summed E-state index contributed by atoms with van der Waals surface area (Å²) in [6, 6.07) is 10.1. The minimum atomic E-state index is -0.562. The summed E-state index contributed by atoms with van der Waals surface area (Å²) in [5, 5.41) is 11.1. The number of nitrogens with one attached hydrogen (secondary N) is 2. The normalized spacial score (nSPS) is 10.1. The molecule has 0 radical (unpaired) electrons. The molecule has 0 fully saturated rings. The largest absolute Gasteiger partial charge is 0.619 e. The van der Waals surface area contributed by atoms with Gasteiger partial charge in [-0.1, -0.05) is 0 Å². The number of pyridine rings is 1. The van der Waals surface area contributed by atoms with Crippen LogP contribution in [0.1, 0.15) is 34.6 Å². The van der Waals surface area contributed by atoms with Crippen molar-refractivity contribution < 1.29 is 14.3 Å². The number of hydrogen-bond acceptors (Lipinski definition) is 4. The first-order valence-electron chi connectivity index (χ1n) is 7.69. The summed E-state index contributed by atoms with van der Waals surface area (Å²) in [7, 11) is 0. The van der Waals surface area contributed by atoms with E-state index >= 15 is 0 Å². The summed E-state index contributed by atoms with van der Waals surface area (Å²) in [6.07, 6.45) is 2.40. The molecule has 0 saturated heterocycles. The number of carbonyl (C=O) groups is 2. The van der Waals surface area contributed by atoms with Crippen molar-refractivity contribution in [3.8, 4) is 0 Å². The van der Waals surface area contributed by atoms with Gasteiger partial charge in [0.05, 0.1) is 0 Å². The second kappa shape index (κ2) is 7.96. The standard InChI is InChI=1S/C17H20N4O3/c1-3-20(4-2)15-9-7-13(8-10-15)16(22)18-19-17(23)14-6-5-11-21(24)12-14/h5-12H,3-4H2,1-2H3,(H,18,22)(H,19,23). The minimum absolute atomic E-state index is 0.157. The lowest BCUT2D eigenvalue weighted by Crippen LogP contribution is -2.42. The van der Waals surface area contributed by atoms with Gasteiger partial charge in [0.1, 0.15) is 5.56 Å². The number of amides is 2. The number of aromatic nitrogens is 1. The van der Waals surface area contributed by atoms with Gasteiger partial charge in [0.25, 0.3) is 11.8 Å². The Bertz CT molecular complexity index is 712. The summed E-state index contributed by atoms with van der Waals surface area (Å²) in [6.45, 7) is 5.90. The average Bonchev–Trinajstić information content (AvgIpc) is 2.61. The molecule has 7 nitrogen and oxygen atoms in total. The second-order valence-electron chi connectivity index (χ2n) is 5.08. The van der Waals surface area contributed by atoms with Crippen LogP contribution in [0.25, 0.3) is 0 Å². The summed E-state index contributed by atoms with van der Waals surface area (Å²) in [5.41, 5.74) is 6.23. The van der Waals surface area contributed by atoms with Gasteiger partial charge >= 0.3 is 0 Å². The maximum absolute atomic E-state index is 12.1. The first-order valence-corrected chi connectivity index (χ1v) is 7.69. The van der Waals surface area contributed by atoms with Crippen LogP contribution in [-0.4, -0.2) is 24.9 Å². The first kappa shape index (κ1) is 17.3. The van der Waals surface area contributed by atoms with Crippen molar-refractivity contribution in [1.29, 1.82) is 0 Å². The molecule has 7 heteroatoms. The first-order chi connectivity index (χ1) is 11.5. The molecule has 2 N–H and O–H groups in total. The summed E-state index contributed by atoms with van der Waals surface area (Å²) in [5.74, 6) is -0.992. The summed E-state index contributed by atoms with van der Waals surface area (Å²) >= 11 is 0. The van der Waals surface area contributed by atoms with Gasteiger partial charge in [-0.3, -0.25) is 20.4 Å². The van der Waals surface area contributed by atoms with Gasteiger partial charge in [0.15, 0.2) is 12.4 Å². The van der Waals surface area contributed by atoms with Crippen LogP contribution in [0, 0.1) is 5.21 Å². The van der Waals surface area contributed by atoms with E-state index in [0.717, 1.165) is 25.0 Å². The van der Waals surface area contributed by atoms with Crippen molar-refractivity contribution in [2.24, 2.45) is 0 Å². The quantitative estimate of drug-likeness (QED) is 0.491. The van der Waals surface area contributed by atoms with Crippen molar-refractivity contribution in [3.63, 3.8) is 0 Å². The molecular formula is C17H20N4O3. The monoisotopic (exact) mass is 328 g/mol. The zero-order chi connectivity index (χ0) is 17.5. The molecular weight excluding hydrogens is 308 g/mol. The number of hydrazine groups is 1. The second-order valence-corrected chi connectivity index (χ2v) is 5.08. The zero-order valence-electron chi connectivity index (χ0n) is 13.7. The molecule has 2 amide bonds. The smallest absolute Gasteiger partial charge is 0.275 e. The maximum atomic E-state index is 12.1. The maximum Gasteiger partial charge on any atom is 0.275 e. The lowest BCUT2D eigenvalue weighted by molar-refractivity contribution is -0.605. The molecule has 0 unspecified atom stereocenters. The highest BCUT2D eigenvalue weighted by molar-refractivity contribution is 5.98. The number of carbonyl (C=O) groups excluding carboxylic acids is 2. The lowest BCUT2D eigenvalue weighted by Gasteiger charge is -2.21. The predicted molar refractivity (Wildman–Crippen MR) is 90.3 cm³/mol. The third-order valence-corrected chi connectivity index (χ3v) is 3.58. The van der Waals surface area contributed by atoms with Crippen molar-refractivity contribution in [3.05, 3.63) is 65.1 Å². The van der Waals surface area contributed by atoms with Crippen molar-refractivity contribution in [1.82, 2.24) is 10.9 Å². The Hall–Kier alpha value is -3.09. The molecule has 2 rings (SSSR count). The molecule has 1 heterocycles. The van der Waals surface area contributed by atoms with E-state index in [1.165, 1.54) is 18.3 Å². The molecule has 2 aromatic rings. The van der Waals surface area contributed by atoms with Crippen molar-refractivity contribution >= 4 is 17.5 Å². The summed E-state index contributed by atoms with van der Waals surface area (Å²) in [4.78, 5) is 26.1. The predicted octanol–water partition coefficient (Wildman–Crippen LogP) is 1.24. The molecule has 0 spiro atoms. The molecule has 0 atom stereocenters. The molecule has 0 aliphatic carbocycles. The fourth-order valence-corrected chi connectivity index (χ4v) is 2.26. The fraction of sp³-hybridized carbons (Fsp3) is 0.235. The van der Waals surface area contributed by atoms with E-state index in [-0.39, 0.29) is 5.56 Å². The zero-order valence-corrected chi connectivity index (χ0v) is 13.7. The molecule has 0 aliphatic heterocycles. The van der Waals surface area contributed by atoms with Gasteiger partial charge < -0.3 is 10.1 Å². The Morgan fingerprint density at radius 3 is 2.12 bits per heavy atom. The van der Waals surface area contributed by atoms with Crippen LogP contribution in [0.4, 0.5) is 5.69 Å². The van der Waals surface area contributed by atoms with Crippen LogP contribution in [0.2, 0.25) is 0 Å². The number of hydrogen-bond donors (Lipinski definition) is 2. The van der Waals surface area contributed by atoms with E-state index in [1.54, 1.807) is 12.1 Å². The van der Waals surface area contributed by atoms with Gasteiger partial charge in [0, 0.05) is 30.4 Å². The molecule has 1 aromatic carbocycles. The van der Waals surface area contributed by atoms with Crippen LogP contribution >= 0.6 is 0 Å². The number of benzene rings is 1. The van der Waals surface area contributed by atoms with Gasteiger partial charge in [-0.25, -0.2) is 0 Å². The molecule has 1 aromatic heterocycles. The van der Waals surface area contributed by atoms with Gasteiger partial charge in [-0.15, -0.1) is 0 Å². The number of nitrogens with zero attached hydrogens (tertiary/aromatic N) is 2. The highest BCUT2D eigenvalue weighted by atomic mass is 16.5. The average molecular weight is 328 g/mol. The topological polar surface area (TPSA) is 88.4 Å². The van der Waals surface area contributed by atoms with E-state index < -0.39 is 11.8 Å². The van der Waals surface area contributed by atoms with Crippen LogP contribution in [0.15, 0.2) is 48.8 Å². The van der Waals surface area contributed by atoms with Gasteiger partial charge in [-0.05, 0) is 44.2 Å². The van der Waals surface area contributed by atoms with Crippen LogP contribution in [0.3, 0.4) is 0 Å². The third kappa shape index (κ3) is 4.22. The SMILES string of the molecule is CCN(CC)c1ccc(C(=O)NNC(=O)c2ccc[n+]([O-])c2)cc1. The van der Waals surface area contributed by atoms with Crippen LogP contribution < -0.4 is 20.5 Å². The molecule has 24 heavy (non-hydrogen) atoms. The van der Waals surface area contributed by atoms with E-state index in [0.29, 0.717) is 10.3 Å². The fourth-order valence-electron chi connectivity index (χ4n) is 2.26. The molecule has 0 aliphatic rings. The van der Waals surface area contributed by atoms with Crippen LogP contribution in [-0.2, 0) is 0 Å². The molecule has 0 saturated carbocycles. The number of rotatable bonds is 5. The Kier molecular flexibility index (Phi) is 5.73. The van der Waals surface area contributed by atoms with Crippen LogP contribution in [0.5, 0.6) is 0 Å². The van der Waals surface area contributed by atoms with E-state index in [4.69, 9.17) is 0 Å². The van der Waals surface area contributed by atoms with Gasteiger partial charge in [-0.2, -0.15) is 4.73 Å². The highest BCUT2D eigenvalue weighted by Crippen LogP contribution is 2.14. The van der Waals surface area contributed by atoms with Crippen molar-refractivity contribution in [2.45, 2.75) is 13.8 Å². The van der Waals surface area contributed by atoms with Gasteiger partial charge in [0.2, 0.25) is 0 Å². The van der Waals surface area contributed by atoms with E-state index in [2.05, 4.69) is 29.6 Å². The molecule has 0 bridgehead atoms. The Labute approximate surface area is 140 Å². The highest BCUT2D eigenvalue weighted by Gasteiger charge is 2.11. The van der Waals surface area contributed by atoms with E-state index in [1.807, 2.05) is 12.1 Å². The Morgan fingerprint density at radius 1 is 1.00 bits per heavy atom. The van der Waals surface area contributed by atoms with Crippen molar-refractivity contribution in [2.75, 3.05) is 18.0 Å². The third-order valence-electron chi connectivity index (χ3n) is 3.58. The lowest BCUT2D eigenvalue weighted by atomic mass is 10.2.